The Kier molecular flexibility index (Phi) is 3.67. The van der Waals surface area contributed by atoms with Gasteiger partial charge in [0.05, 0.1) is 15.9 Å². The summed E-state index contributed by atoms with van der Waals surface area (Å²) in [5.41, 5.74) is 2.76. The topological polar surface area (TPSA) is 85.1 Å². The molecule has 1 N–H and O–H groups in total. The number of carbonyl (C=O) groups is 1. The average Bonchev–Trinajstić information content (AvgIpc) is 3.62. The number of hydrogen-bond acceptors (Lipinski definition) is 7. The number of anilines is 1. The van der Waals surface area contributed by atoms with Gasteiger partial charge in [-0.05, 0) is 67.8 Å². The summed E-state index contributed by atoms with van der Waals surface area (Å²) in [4.78, 5) is 17.5. The van der Waals surface area contributed by atoms with Gasteiger partial charge in [-0.3, -0.25) is 4.79 Å². The van der Waals surface area contributed by atoms with E-state index in [1.165, 1.54) is 35.9 Å². The van der Waals surface area contributed by atoms with Crippen LogP contribution in [0.4, 0.5) is 5.13 Å². The minimum atomic E-state index is 0.0844. The van der Waals surface area contributed by atoms with Gasteiger partial charge >= 0.3 is 0 Å². The minimum absolute atomic E-state index is 0.0844. The smallest absolute Gasteiger partial charge is 0.229 e. The number of thiazole rings is 1. The molecule has 2 aliphatic rings. The number of nitrogens with one attached hydrogen (secondary N) is 1. The van der Waals surface area contributed by atoms with E-state index in [1.54, 1.807) is 0 Å². The van der Waals surface area contributed by atoms with Gasteiger partial charge in [0.1, 0.15) is 0 Å². The van der Waals surface area contributed by atoms with Gasteiger partial charge in [0.2, 0.25) is 11.1 Å². The Balaban J connectivity index is 1.28. The third-order valence-corrected chi connectivity index (χ3v) is 6.86. The van der Waals surface area contributed by atoms with Crippen molar-refractivity contribution in [3.63, 3.8) is 0 Å². The summed E-state index contributed by atoms with van der Waals surface area (Å²) < 4.78 is 2.87. The van der Waals surface area contributed by atoms with Crippen molar-refractivity contribution in [2.45, 2.75) is 41.7 Å². The van der Waals surface area contributed by atoms with Crippen molar-refractivity contribution < 1.29 is 4.79 Å². The summed E-state index contributed by atoms with van der Waals surface area (Å²) in [5.74, 6) is 0.843. The Hall–Kier alpha value is -2.52. The molecule has 2 fully saturated rings. The number of nitrogens with zero attached hydrogens (tertiary/aromatic N) is 5. The number of amides is 1. The molecule has 0 atom stereocenters. The lowest BCUT2D eigenvalue weighted by atomic mass is 10.3. The molecule has 2 aliphatic carbocycles. The first-order valence-corrected chi connectivity index (χ1v) is 11.0. The monoisotopic (exact) mass is 408 g/mol. The van der Waals surface area contributed by atoms with E-state index in [0.717, 1.165) is 44.5 Å². The van der Waals surface area contributed by atoms with Gasteiger partial charge in [-0.15, -0.1) is 10.2 Å². The van der Waals surface area contributed by atoms with Gasteiger partial charge in [-0.25, -0.2) is 4.98 Å². The lowest BCUT2D eigenvalue weighted by Gasteiger charge is -2.01. The summed E-state index contributed by atoms with van der Waals surface area (Å²) in [6, 6.07) is 10.1. The third kappa shape index (κ3) is 3.04. The van der Waals surface area contributed by atoms with E-state index in [4.69, 9.17) is 5.10 Å². The number of aromatic nitrogens is 5. The predicted octanol–water partition coefficient (Wildman–Crippen LogP) is 4.11. The number of benzene rings is 1. The Morgan fingerprint density at radius 1 is 1.14 bits per heavy atom. The molecule has 1 aromatic carbocycles. The fourth-order valence-electron chi connectivity index (χ4n) is 3.12. The van der Waals surface area contributed by atoms with Crippen molar-refractivity contribution in [1.82, 2.24) is 24.8 Å². The summed E-state index contributed by atoms with van der Waals surface area (Å²) in [7, 11) is 0. The normalized spacial score (nSPS) is 16.7. The van der Waals surface area contributed by atoms with Gasteiger partial charge in [-0.1, -0.05) is 11.3 Å². The molecular weight excluding hydrogens is 392 g/mol. The van der Waals surface area contributed by atoms with Crippen molar-refractivity contribution in [1.29, 1.82) is 0 Å². The SMILES string of the molecule is O=C(Nc1nc2ccc(Sc3nnc4ccc(C5CC5)nn34)cc2s1)C1CC1. The van der Waals surface area contributed by atoms with E-state index in [2.05, 4.69) is 32.6 Å². The van der Waals surface area contributed by atoms with E-state index < -0.39 is 0 Å². The largest absolute Gasteiger partial charge is 0.302 e. The lowest BCUT2D eigenvalue weighted by Crippen LogP contribution is -2.12. The van der Waals surface area contributed by atoms with Gasteiger partial charge in [-0.2, -0.15) is 9.61 Å². The molecule has 0 unspecified atom stereocenters. The van der Waals surface area contributed by atoms with Crippen LogP contribution in [0.15, 0.2) is 40.4 Å². The van der Waals surface area contributed by atoms with Crippen molar-refractivity contribution in [3.05, 3.63) is 36.0 Å². The maximum absolute atomic E-state index is 12.0. The van der Waals surface area contributed by atoms with Crippen LogP contribution in [0.5, 0.6) is 0 Å². The first-order chi connectivity index (χ1) is 13.7. The van der Waals surface area contributed by atoms with Gasteiger partial charge in [0.15, 0.2) is 10.8 Å². The second kappa shape index (κ2) is 6.25. The lowest BCUT2D eigenvalue weighted by molar-refractivity contribution is -0.117. The van der Waals surface area contributed by atoms with Crippen LogP contribution in [0, 0.1) is 5.92 Å². The Morgan fingerprint density at radius 3 is 2.86 bits per heavy atom. The van der Waals surface area contributed by atoms with Crippen LogP contribution in [-0.2, 0) is 4.79 Å². The molecule has 2 saturated carbocycles. The van der Waals surface area contributed by atoms with Crippen molar-refractivity contribution in [3.8, 4) is 0 Å². The van der Waals surface area contributed by atoms with Crippen LogP contribution >= 0.6 is 23.1 Å². The summed E-state index contributed by atoms with van der Waals surface area (Å²) in [6.07, 6.45) is 4.40. The van der Waals surface area contributed by atoms with Gasteiger partial charge in [0, 0.05) is 16.7 Å². The van der Waals surface area contributed by atoms with Crippen LogP contribution in [-0.4, -0.2) is 30.7 Å². The average molecular weight is 409 g/mol. The van der Waals surface area contributed by atoms with E-state index in [-0.39, 0.29) is 11.8 Å². The predicted molar refractivity (Wildman–Crippen MR) is 108 cm³/mol. The highest BCUT2D eigenvalue weighted by molar-refractivity contribution is 7.99. The molecule has 0 saturated heterocycles. The zero-order valence-electron chi connectivity index (χ0n) is 14.8. The van der Waals surface area contributed by atoms with Gasteiger partial charge < -0.3 is 5.32 Å². The summed E-state index contributed by atoms with van der Waals surface area (Å²) >= 11 is 3.04. The molecule has 3 aromatic heterocycles. The van der Waals surface area contributed by atoms with E-state index in [1.807, 2.05) is 22.7 Å². The van der Waals surface area contributed by atoms with Crippen LogP contribution in [0.25, 0.3) is 15.9 Å². The van der Waals surface area contributed by atoms with Crippen LogP contribution in [0.3, 0.4) is 0 Å². The second-order valence-corrected chi connectivity index (χ2v) is 9.37. The minimum Gasteiger partial charge on any atom is -0.302 e. The molecule has 0 radical (unpaired) electrons. The molecule has 4 aromatic rings. The summed E-state index contributed by atoms with van der Waals surface area (Å²) in [6.45, 7) is 0. The first kappa shape index (κ1) is 16.4. The van der Waals surface area contributed by atoms with Gasteiger partial charge in [0.25, 0.3) is 0 Å². The molecule has 7 nitrogen and oxygen atoms in total. The number of carbonyl (C=O) groups excluding carboxylic acids is 1. The van der Waals surface area contributed by atoms with Crippen molar-refractivity contribution >= 4 is 50.0 Å². The maximum Gasteiger partial charge on any atom is 0.229 e. The van der Waals surface area contributed by atoms with Crippen molar-refractivity contribution in [2.75, 3.05) is 5.32 Å². The van der Waals surface area contributed by atoms with E-state index >= 15 is 0 Å². The number of rotatable bonds is 5. The molecule has 6 rings (SSSR count). The quantitative estimate of drug-likeness (QED) is 0.535. The third-order valence-electron chi connectivity index (χ3n) is 5.00. The molecule has 3 heterocycles. The van der Waals surface area contributed by atoms with E-state index in [0.29, 0.717) is 11.0 Å². The Labute approximate surface area is 168 Å². The molecule has 0 aliphatic heterocycles. The molecule has 9 heteroatoms. The fraction of sp³-hybridized carbons (Fsp3) is 0.316. The number of hydrogen-bond donors (Lipinski definition) is 1. The maximum atomic E-state index is 12.0. The highest BCUT2D eigenvalue weighted by Crippen LogP contribution is 2.39. The molecule has 0 spiro atoms. The van der Waals surface area contributed by atoms with Crippen LogP contribution < -0.4 is 5.32 Å². The highest BCUT2D eigenvalue weighted by Gasteiger charge is 2.30. The van der Waals surface area contributed by atoms with Crippen LogP contribution in [0.2, 0.25) is 0 Å². The first-order valence-electron chi connectivity index (χ1n) is 9.34. The summed E-state index contributed by atoms with van der Waals surface area (Å²) in [5, 5.41) is 17.6. The fourth-order valence-corrected chi connectivity index (χ4v) is 4.93. The Bertz CT molecular complexity index is 1220. The molecule has 140 valence electrons. The number of fused-ring (bicyclic) bond motifs is 2. The second-order valence-electron chi connectivity index (χ2n) is 7.30. The Morgan fingerprint density at radius 2 is 2.04 bits per heavy atom. The molecule has 0 bridgehead atoms. The van der Waals surface area contributed by atoms with E-state index in [9.17, 15) is 4.79 Å². The zero-order chi connectivity index (χ0) is 18.7. The van der Waals surface area contributed by atoms with Crippen LogP contribution in [0.1, 0.15) is 37.3 Å². The zero-order valence-corrected chi connectivity index (χ0v) is 16.5. The molecule has 1 amide bonds. The van der Waals surface area contributed by atoms with Crippen molar-refractivity contribution in [2.24, 2.45) is 5.92 Å². The standard InChI is InChI=1S/C19H16N6OS2/c26-17(11-3-4-11)21-18-20-14-6-5-12(9-15(14)28-18)27-19-23-22-16-8-7-13(10-1-2-10)24-25(16)19/h5-11H,1-4H2,(H,20,21,26). The molecular formula is C19H16N6OS2. The molecule has 28 heavy (non-hydrogen) atoms. The highest BCUT2D eigenvalue weighted by atomic mass is 32.2.